The Kier molecular flexibility index (Phi) is 14.6. The Hall–Kier alpha value is -3.08. The SMILES string of the molecule is CCC(C)C(C(CC=O)OC)N(C)C(=O)CNC(=O)C(C(C)C)N(C)C(=O)CCCCCN1C(=O)C=CC1=O. The number of nitrogens with one attached hydrogen (secondary N) is 1. The van der Waals surface area contributed by atoms with Crippen molar-refractivity contribution < 1.29 is 33.5 Å². The van der Waals surface area contributed by atoms with Crippen molar-refractivity contribution in [3.63, 3.8) is 0 Å². The van der Waals surface area contributed by atoms with Crippen LogP contribution in [0.2, 0.25) is 0 Å². The maximum absolute atomic E-state index is 13.1. The van der Waals surface area contributed by atoms with E-state index in [0.717, 1.165) is 12.7 Å². The quantitative estimate of drug-likeness (QED) is 0.155. The summed E-state index contributed by atoms with van der Waals surface area (Å²) in [6, 6.07) is -1.09. The number of aldehydes is 1. The number of amides is 5. The third kappa shape index (κ3) is 9.87. The van der Waals surface area contributed by atoms with Crippen molar-refractivity contribution in [3.8, 4) is 0 Å². The van der Waals surface area contributed by atoms with Crippen molar-refractivity contribution >= 4 is 35.8 Å². The number of hydrogen-bond acceptors (Lipinski definition) is 7. The molecule has 0 bridgehead atoms. The predicted octanol–water partition coefficient (Wildman–Crippen LogP) is 1.55. The molecule has 4 unspecified atom stereocenters. The van der Waals surface area contributed by atoms with Crippen LogP contribution in [0.4, 0.5) is 0 Å². The lowest BCUT2D eigenvalue weighted by Crippen LogP contribution is -2.54. The number of carbonyl (C=O) groups is 6. The Morgan fingerprint density at radius 3 is 2.13 bits per heavy atom. The van der Waals surface area contributed by atoms with Crippen molar-refractivity contribution in [3.05, 3.63) is 12.2 Å². The van der Waals surface area contributed by atoms with Gasteiger partial charge in [-0.1, -0.05) is 40.5 Å². The number of imide groups is 1. The molecule has 0 fully saturated rings. The first-order chi connectivity index (χ1) is 18.4. The molecule has 1 aliphatic rings. The molecule has 11 nitrogen and oxygen atoms in total. The second-order valence-electron chi connectivity index (χ2n) is 10.4. The number of ether oxygens (including phenoxy) is 1. The average Bonchev–Trinajstić information content (AvgIpc) is 3.22. The lowest BCUT2D eigenvalue weighted by molar-refractivity contribution is -0.142. The summed E-state index contributed by atoms with van der Waals surface area (Å²) >= 11 is 0. The zero-order chi connectivity index (χ0) is 29.7. The van der Waals surface area contributed by atoms with E-state index in [1.54, 1.807) is 14.1 Å². The minimum absolute atomic E-state index is 0.0692. The smallest absolute Gasteiger partial charge is 0.253 e. The van der Waals surface area contributed by atoms with E-state index in [1.807, 2.05) is 27.7 Å². The maximum atomic E-state index is 13.1. The van der Waals surface area contributed by atoms with Gasteiger partial charge in [-0.05, 0) is 24.7 Å². The van der Waals surface area contributed by atoms with E-state index in [4.69, 9.17) is 4.74 Å². The fourth-order valence-electron chi connectivity index (χ4n) is 4.90. The number of hydrogen-bond donors (Lipinski definition) is 1. The molecule has 0 aromatic rings. The molecule has 0 aromatic carbocycles. The highest BCUT2D eigenvalue weighted by molar-refractivity contribution is 6.12. The van der Waals surface area contributed by atoms with Gasteiger partial charge in [0.25, 0.3) is 11.8 Å². The van der Waals surface area contributed by atoms with E-state index in [9.17, 15) is 28.8 Å². The molecular formula is C28H46N4O7. The van der Waals surface area contributed by atoms with Crippen LogP contribution in [0.25, 0.3) is 0 Å². The summed E-state index contributed by atoms with van der Waals surface area (Å²) in [7, 11) is 4.73. The molecule has 0 aromatic heterocycles. The van der Waals surface area contributed by atoms with Gasteiger partial charge in [0.15, 0.2) is 0 Å². The first-order valence-corrected chi connectivity index (χ1v) is 13.7. The van der Waals surface area contributed by atoms with Gasteiger partial charge in [0, 0.05) is 52.7 Å². The Bertz CT molecular complexity index is 886. The zero-order valence-corrected chi connectivity index (χ0v) is 24.5. The predicted molar refractivity (Wildman–Crippen MR) is 146 cm³/mol. The van der Waals surface area contributed by atoms with Crippen molar-refractivity contribution in [2.45, 2.75) is 84.4 Å². The number of rotatable bonds is 18. The lowest BCUT2D eigenvalue weighted by Gasteiger charge is -2.37. The van der Waals surface area contributed by atoms with E-state index >= 15 is 0 Å². The molecule has 0 radical (unpaired) electrons. The summed E-state index contributed by atoms with van der Waals surface area (Å²) in [5.74, 6) is -1.69. The molecule has 0 aliphatic carbocycles. The Labute approximate surface area is 232 Å². The maximum Gasteiger partial charge on any atom is 0.253 e. The van der Waals surface area contributed by atoms with Gasteiger partial charge >= 0.3 is 0 Å². The topological polar surface area (TPSA) is 133 Å². The van der Waals surface area contributed by atoms with Crippen LogP contribution in [-0.2, 0) is 33.5 Å². The fraction of sp³-hybridized carbons (Fsp3) is 0.714. The van der Waals surface area contributed by atoms with Crippen LogP contribution in [0.1, 0.15) is 66.2 Å². The van der Waals surface area contributed by atoms with Crippen LogP contribution < -0.4 is 5.32 Å². The number of methoxy groups -OCH3 is 1. The summed E-state index contributed by atoms with van der Waals surface area (Å²) in [4.78, 5) is 77.4. The van der Waals surface area contributed by atoms with E-state index < -0.39 is 18.1 Å². The van der Waals surface area contributed by atoms with Gasteiger partial charge < -0.3 is 24.6 Å². The van der Waals surface area contributed by atoms with Crippen LogP contribution >= 0.6 is 0 Å². The monoisotopic (exact) mass is 550 g/mol. The third-order valence-electron chi connectivity index (χ3n) is 7.38. The molecule has 1 rings (SSSR count). The van der Waals surface area contributed by atoms with Crippen molar-refractivity contribution in [1.29, 1.82) is 0 Å². The van der Waals surface area contributed by atoms with E-state index in [-0.39, 0.29) is 60.9 Å². The zero-order valence-electron chi connectivity index (χ0n) is 24.5. The van der Waals surface area contributed by atoms with Gasteiger partial charge in [-0.2, -0.15) is 0 Å². The standard InChI is InChI=1S/C28H46N4O7/c1-8-20(4)27(21(39-7)15-17-33)31(6)25(37)18-29-28(38)26(19(2)3)30(5)22(34)12-10-9-11-16-32-23(35)13-14-24(32)36/h13-14,17,19-21,26-27H,8-12,15-16,18H2,1-7H3,(H,29,38). The number of likely N-dealkylation sites (N-methyl/N-ethyl adjacent to an activating group) is 2. The Balaban J connectivity index is 2.66. The summed E-state index contributed by atoms with van der Waals surface area (Å²) in [6.45, 7) is 7.73. The normalized spacial score (nSPS) is 16.2. The van der Waals surface area contributed by atoms with E-state index in [0.29, 0.717) is 25.8 Å². The van der Waals surface area contributed by atoms with Crippen LogP contribution in [0.5, 0.6) is 0 Å². The average molecular weight is 551 g/mol. The molecule has 0 spiro atoms. The third-order valence-corrected chi connectivity index (χ3v) is 7.38. The van der Waals surface area contributed by atoms with Crippen molar-refractivity contribution in [2.24, 2.45) is 11.8 Å². The van der Waals surface area contributed by atoms with Gasteiger partial charge in [0.2, 0.25) is 17.7 Å². The molecule has 1 N–H and O–H groups in total. The van der Waals surface area contributed by atoms with Crippen LogP contribution in [0.3, 0.4) is 0 Å². The van der Waals surface area contributed by atoms with Gasteiger partial charge in [-0.25, -0.2) is 0 Å². The van der Waals surface area contributed by atoms with Crippen molar-refractivity contribution in [2.75, 3.05) is 34.3 Å². The summed E-state index contributed by atoms with van der Waals surface area (Å²) < 4.78 is 5.49. The highest BCUT2D eigenvalue weighted by Crippen LogP contribution is 2.21. The lowest BCUT2D eigenvalue weighted by atomic mass is 9.91. The largest absolute Gasteiger partial charge is 0.379 e. The summed E-state index contributed by atoms with van der Waals surface area (Å²) in [5.41, 5.74) is 0. The first-order valence-electron chi connectivity index (χ1n) is 13.7. The van der Waals surface area contributed by atoms with Gasteiger partial charge in [0.1, 0.15) is 12.3 Å². The number of nitrogens with zero attached hydrogens (tertiary/aromatic N) is 3. The van der Waals surface area contributed by atoms with Gasteiger partial charge in [-0.3, -0.25) is 28.9 Å². The van der Waals surface area contributed by atoms with Crippen LogP contribution in [0, 0.1) is 11.8 Å². The second kappa shape index (κ2) is 16.8. The molecule has 0 saturated heterocycles. The Morgan fingerprint density at radius 1 is 1.00 bits per heavy atom. The highest BCUT2D eigenvalue weighted by Gasteiger charge is 2.34. The molecule has 39 heavy (non-hydrogen) atoms. The van der Waals surface area contributed by atoms with Crippen LogP contribution in [-0.4, -0.2) is 103 Å². The number of unbranched alkanes of at least 4 members (excludes halogenated alkanes) is 2. The molecule has 0 saturated carbocycles. The highest BCUT2D eigenvalue weighted by atomic mass is 16.5. The summed E-state index contributed by atoms with van der Waals surface area (Å²) in [5, 5.41) is 2.69. The van der Waals surface area contributed by atoms with Crippen molar-refractivity contribution in [1.82, 2.24) is 20.0 Å². The molecule has 5 amide bonds. The van der Waals surface area contributed by atoms with E-state index in [2.05, 4.69) is 5.32 Å². The minimum atomic E-state index is -0.756. The van der Waals surface area contributed by atoms with Crippen LogP contribution in [0.15, 0.2) is 12.2 Å². The number of carbonyl (C=O) groups excluding carboxylic acids is 6. The minimum Gasteiger partial charge on any atom is -0.379 e. The molecule has 1 aliphatic heterocycles. The summed E-state index contributed by atoms with van der Waals surface area (Å²) in [6.07, 6.45) is 5.77. The van der Waals surface area contributed by atoms with Gasteiger partial charge in [-0.15, -0.1) is 0 Å². The molecule has 1 heterocycles. The molecule has 4 atom stereocenters. The molecule has 11 heteroatoms. The molecule has 220 valence electrons. The van der Waals surface area contributed by atoms with Gasteiger partial charge in [0.05, 0.1) is 18.7 Å². The Morgan fingerprint density at radius 2 is 1.62 bits per heavy atom. The fourth-order valence-corrected chi connectivity index (χ4v) is 4.90. The van der Waals surface area contributed by atoms with E-state index in [1.165, 1.54) is 34.0 Å². The second-order valence-corrected chi connectivity index (χ2v) is 10.4. The molecular weight excluding hydrogens is 504 g/mol. The first kappa shape index (κ1) is 33.9.